The van der Waals surface area contributed by atoms with Crippen molar-refractivity contribution in [2.45, 2.75) is 105 Å². The monoisotopic (exact) mass is 567 g/mol. The van der Waals surface area contributed by atoms with Crippen molar-refractivity contribution in [1.29, 1.82) is 0 Å². The average molecular weight is 568 g/mol. The molecule has 0 spiro atoms. The highest BCUT2D eigenvalue weighted by Gasteiger charge is 2.39. The summed E-state index contributed by atoms with van der Waals surface area (Å²) < 4.78 is 5.49. The summed E-state index contributed by atoms with van der Waals surface area (Å²) in [5, 5.41) is 16.2. The molecule has 0 aromatic heterocycles. The van der Waals surface area contributed by atoms with Gasteiger partial charge in [-0.25, -0.2) is 4.79 Å². The summed E-state index contributed by atoms with van der Waals surface area (Å²) in [5.41, 5.74) is 1.25. The van der Waals surface area contributed by atoms with Crippen LogP contribution in [0, 0.1) is 18.8 Å². The van der Waals surface area contributed by atoms with Crippen LogP contribution in [0.25, 0.3) is 0 Å². The molecule has 3 amide bonds. The first-order chi connectivity index (χ1) is 19.1. The standard InChI is InChI=1S/C33H49N3O5/c1-21(2)17-18-24(6)36(31(39)28(19-22(3)4)35-32(40)41-33(7,8)9)29(25-14-12-15-26(37)20-25)30(38)34-27-16-11-10-13-23(27)5/h10-16,20-22,24,28-29,37H,17-19H2,1-9H3,(H,34,38)(H,35,40). The molecule has 0 heterocycles. The molecule has 0 saturated heterocycles. The van der Waals surface area contributed by atoms with E-state index < -0.39 is 29.7 Å². The average Bonchev–Trinajstić information content (AvgIpc) is 2.84. The Hall–Kier alpha value is -3.55. The van der Waals surface area contributed by atoms with Crippen LogP contribution in [0.2, 0.25) is 0 Å². The van der Waals surface area contributed by atoms with E-state index in [1.807, 2.05) is 52.0 Å². The molecule has 0 aliphatic heterocycles. The zero-order valence-electron chi connectivity index (χ0n) is 26.2. The SMILES string of the molecule is Cc1ccccc1NC(=O)C(c1cccc(O)c1)N(C(=O)C(CC(C)C)NC(=O)OC(C)(C)C)C(C)CCC(C)C. The fourth-order valence-electron chi connectivity index (χ4n) is 4.68. The summed E-state index contributed by atoms with van der Waals surface area (Å²) in [4.78, 5) is 43.0. The number of alkyl carbamates (subject to hydrolysis) is 1. The highest BCUT2D eigenvalue weighted by atomic mass is 16.6. The number of para-hydroxylation sites is 1. The molecule has 0 radical (unpaired) electrons. The second-order valence-electron chi connectivity index (χ2n) is 12.7. The lowest BCUT2D eigenvalue weighted by atomic mass is 9.95. The van der Waals surface area contributed by atoms with Crippen LogP contribution in [0.3, 0.4) is 0 Å². The lowest BCUT2D eigenvalue weighted by Gasteiger charge is -2.39. The molecule has 8 heteroatoms. The Kier molecular flexibility index (Phi) is 12.2. The number of nitrogens with zero attached hydrogens (tertiary/aromatic N) is 1. The molecule has 3 atom stereocenters. The van der Waals surface area contributed by atoms with E-state index in [1.165, 1.54) is 12.1 Å². The fourth-order valence-corrected chi connectivity index (χ4v) is 4.68. The molecule has 226 valence electrons. The Bertz CT molecular complexity index is 1170. The Morgan fingerprint density at radius 3 is 2.15 bits per heavy atom. The molecule has 0 saturated carbocycles. The Labute approximate surface area is 245 Å². The van der Waals surface area contributed by atoms with E-state index in [0.717, 1.165) is 12.0 Å². The summed E-state index contributed by atoms with van der Waals surface area (Å²) in [6, 6.07) is 11.5. The third kappa shape index (κ3) is 10.7. The van der Waals surface area contributed by atoms with Crippen LogP contribution in [0.1, 0.15) is 91.8 Å². The van der Waals surface area contributed by atoms with Gasteiger partial charge in [0.1, 0.15) is 23.4 Å². The number of aromatic hydroxyl groups is 1. The zero-order valence-corrected chi connectivity index (χ0v) is 26.2. The molecule has 2 aromatic rings. The number of aryl methyl sites for hydroxylation is 1. The first kappa shape index (κ1) is 33.7. The number of nitrogens with one attached hydrogen (secondary N) is 2. The van der Waals surface area contributed by atoms with E-state index in [0.29, 0.717) is 30.0 Å². The normalized spacial score (nSPS) is 13.8. The lowest BCUT2D eigenvalue weighted by Crippen LogP contribution is -2.55. The maximum absolute atomic E-state index is 14.5. The van der Waals surface area contributed by atoms with Crippen LogP contribution in [0.5, 0.6) is 5.75 Å². The van der Waals surface area contributed by atoms with Crippen molar-refractivity contribution < 1.29 is 24.2 Å². The van der Waals surface area contributed by atoms with Gasteiger partial charge in [-0.05, 0) is 95.0 Å². The van der Waals surface area contributed by atoms with E-state index in [4.69, 9.17) is 4.74 Å². The molecular weight excluding hydrogens is 518 g/mol. The van der Waals surface area contributed by atoms with Crippen molar-refractivity contribution in [1.82, 2.24) is 10.2 Å². The van der Waals surface area contributed by atoms with Gasteiger partial charge >= 0.3 is 6.09 Å². The van der Waals surface area contributed by atoms with Crippen LogP contribution in [-0.2, 0) is 14.3 Å². The quantitative estimate of drug-likeness (QED) is 0.257. The smallest absolute Gasteiger partial charge is 0.408 e. The Morgan fingerprint density at radius 1 is 0.927 bits per heavy atom. The predicted octanol–water partition coefficient (Wildman–Crippen LogP) is 6.97. The topological polar surface area (TPSA) is 108 Å². The van der Waals surface area contributed by atoms with E-state index in [-0.39, 0.29) is 23.6 Å². The third-order valence-corrected chi connectivity index (χ3v) is 6.70. The van der Waals surface area contributed by atoms with Crippen molar-refractivity contribution >= 4 is 23.6 Å². The Morgan fingerprint density at radius 2 is 1.59 bits per heavy atom. The highest BCUT2D eigenvalue weighted by Crippen LogP contribution is 2.31. The number of hydrogen-bond donors (Lipinski definition) is 3. The molecule has 41 heavy (non-hydrogen) atoms. The number of phenols is 1. The van der Waals surface area contributed by atoms with Gasteiger partial charge in [-0.1, -0.05) is 58.0 Å². The molecule has 8 nitrogen and oxygen atoms in total. The van der Waals surface area contributed by atoms with Crippen molar-refractivity contribution in [3.63, 3.8) is 0 Å². The van der Waals surface area contributed by atoms with Gasteiger partial charge in [0.2, 0.25) is 5.91 Å². The number of ether oxygens (including phenoxy) is 1. The molecule has 0 aliphatic rings. The summed E-state index contributed by atoms with van der Waals surface area (Å²) in [6.07, 6.45) is 1.16. The number of anilines is 1. The van der Waals surface area contributed by atoms with Crippen molar-refractivity contribution in [2.24, 2.45) is 11.8 Å². The van der Waals surface area contributed by atoms with E-state index in [1.54, 1.807) is 37.8 Å². The lowest BCUT2D eigenvalue weighted by molar-refractivity contribution is -0.144. The number of carbonyl (C=O) groups excluding carboxylic acids is 3. The van der Waals surface area contributed by atoms with Crippen LogP contribution in [0.4, 0.5) is 10.5 Å². The van der Waals surface area contributed by atoms with Crippen molar-refractivity contribution in [3.05, 3.63) is 59.7 Å². The van der Waals surface area contributed by atoms with Gasteiger partial charge in [-0.3, -0.25) is 9.59 Å². The molecule has 2 rings (SSSR count). The van der Waals surface area contributed by atoms with Gasteiger partial charge < -0.3 is 25.4 Å². The van der Waals surface area contributed by atoms with Crippen LogP contribution in [-0.4, -0.2) is 45.6 Å². The van der Waals surface area contributed by atoms with Crippen molar-refractivity contribution in [2.75, 3.05) is 5.32 Å². The summed E-state index contributed by atoms with van der Waals surface area (Å²) >= 11 is 0. The maximum atomic E-state index is 14.5. The summed E-state index contributed by atoms with van der Waals surface area (Å²) in [6.45, 7) is 17.3. The van der Waals surface area contributed by atoms with Gasteiger partial charge in [0.25, 0.3) is 5.91 Å². The number of amides is 3. The number of phenolic OH excluding ortho intramolecular Hbond substituents is 1. The second-order valence-corrected chi connectivity index (χ2v) is 12.7. The van der Waals surface area contributed by atoms with Crippen LogP contribution >= 0.6 is 0 Å². The minimum atomic E-state index is -1.06. The van der Waals surface area contributed by atoms with Gasteiger partial charge in [-0.2, -0.15) is 0 Å². The molecule has 0 bridgehead atoms. The van der Waals surface area contributed by atoms with E-state index >= 15 is 0 Å². The summed E-state index contributed by atoms with van der Waals surface area (Å²) in [5.74, 6) is -0.333. The van der Waals surface area contributed by atoms with Gasteiger partial charge in [-0.15, -0.1) is 0 Å². The fraction of sp³-hybridized carbons (Fsp3) is 0.545. The molecular formula is C33H49N3O5. The molecule has 0 fully saturated rings. The Balaban J connectivity index is 2.64. The second kappa shape index (κ2) is 14.9. The number of hydrogen-bond acceptors (Lipinski definition) is 5. The van der Waals surface area contributed by atoms with E-state index in [2.05, 4.69) is 24.5 Å². The predicted molar refractivity (Wildman–Crippen MR) is 164 cm³/mol. The first-order valence-electron chi connectivity index (χ1n) is 14.6. The summed E-state index contributed by atoms with van der Waals surface area (Å²) in [7, 11) is 0. The maximum Gasteiger partial charge on any atom is 0.408 e. The third-order valence-electron chi connectivity index (χ3n) is 6.70. The highest BCUT2D eigenvalue weighted by molar-refractivity contribution is 5.99. The van der Waals surface area contributed by atoms with E-state index in [9.17, 15) is 19.5 Å². The molecule has 3 N–H and O–H groups in total. The molecule has 3 unspecified atom stereocenters. The van der Waals surface area contributed by atoms with Gasteiger partial charge in [0, 0.05) is 11.7 Å². The molecule has 2 aromatic carbocycles. The van der Waals surface area contributed by atoms with Crippen molar-refractivity contribution in [3.8, 4) is 5.75 Å². The molecule has 0 aliphatic carbocycles. The zero-order chi connectivity index (χ0) is 30.9. The van der Waals surface area contributed by atoms with Crippen LogP contribution in [0.15, 0.2) is 48.5 Å². The number of benzene rings is 2. The minimum absolute atomic E-state index is 0.0102. The first-order valence-corrected chi connectivity index (χ1v) is 14.6. The number of carbonyl (C=O) groups is 3. The van der Waals surface area contributed by atoms with Gasteiger partial charge in [0.15, 0.2) is 0 Å². The number of rotatable bonds is 12. The minimum Gasteiger partial charge on any atom is -0.508 e. The van der Waals surface area contributed by atoms with Gasteiger partial charge in [0.05, 0.1) is 0 Å². The largest absolute Gasteiger partial charge is 0.508 e. The van der Waals surface area contributed by atoms with Crippen LogP contribution < -0.4 is 10.6 Å².